The quantitative estimate of drug-likeness (QED) is 0.369. The monoisotopic (exact) mass is 742 g/mol. The van der Waals surface area contributed by atoms with Gasteiger partial charge in [0, 0.05) is 30.8 Å². The van der Waals surface area contributed by atoms with Gasteiger partial charge in [0.1, 0.15) is 41.3 Å². The van der Waals surface area contributed by atoms with Gasteiger partial charge in [0.15, 0.2) is 0 Å². The fourth-order valence-electron chi connectivity index (χ4n) is 7.39. The van der Waals surface area contributed by atoms with Crippen LogP contribution >= 0.6 is 15.9 Å². The van der Waals surface area contributed by atoms with Gasteiger partial charge in [-0.2, -0.15) is 0 Å². The van der Waals surface area contributed by atoms with Crippen LogP contribution in [0.2, 0.25) is 0 Å². The predicted octanol–water partition coefficient (Wildman–Crippen LogP) is 4.18. The number of rotatable bonds is 6. The molecule has 0 unspecified atom stereocenters. The third kappa shape index (κ3) is 7.15. The van der Waals surface area contributed by atoms with Gasteiger partial charge in [0.25, 0.3) is 5.56 Å². The summed E-state index contributed by atoms with van der Waals surface area (Å²) in [6.07, 6.45) is 9.39. The van der Waals surface area contributed by atoms with Crippen LogP contribution < -0.4 is 25.7 Å². The zero-order valence-corrected chi connectivity index (χ0v) is 29.3. The van der Waals surface area contributed by atoms with Gasteiger partial charge in [-0.1, -0.05) is 25.0 Å². The molecule has 0 radical (unpaired) electrons. The van der Waals surface area contributed by atoms with Crippen molar-refractivity contribution in [2.24, 2.45) is 13.0 Å². The van der Waals surface area contributed by atoms with Crippen LogP contribution in [0.3, 0.4) is 0 Å². The second kappa shape index (κ2) is 14.4. The van der Waals surface area contributed by atoms with Crippen LogP contribution in [0.25, 0.3) is 10.9 Å². The fraction of sp³-hybridized carbons (Fsp3) is 0.571. The van der Waals surface area contributed by atoms with E-state index in [0.29, 0.717) is 34.0 Å². The molecule has 0 spiro atoms. The summed E-state index contributed by atoms with van der Waals surface area (Å²) < 4.78 is 19.5. The Morgan fingerprint density at radius 1 is 1.04 bits per heavy atom. The molecule has 2 saturated carbocycles. The highest BCUT2D eigenvalue weighted by Gasteiger charge is 2.61. The second-order valence-corrected chi connectivity index (χ2v) is 14.3. The van der Waals surface area contributed by atoms with Crippen LogP contribution in [0.5, 0.6) is 11.5 Å². The summed E-state index contributed by atoms with van der Waals surface area (Å²) in [6, 6.07) is 2.84. The summed E-state index contributed by atoms with van der Waals surface area (Å²) in [5.41, 5.74) is -1.25. The van der Waals surface area contributed by atoms with E-state index >= 15 is 0 Å². The smallest absolute Gasteiger partial charge is 0.408 e. The van der Waals surface area contributed by atoms with E-state index in [-0.39, 0.29) is 42.7 Å². The number of hydrogen-bond acceptors (Lipinski definition) is 8. The summed E-state index contributed by atoms with van der Waals surface area (Å²) in [7, 11) is 3.16. The molecule has 2 aliphatic heterocycles. The lowest BCUT2D eigenvalue weighted by Gasteiger charge is -2.29. The second-order valence-electron chi connectivity index (χ2n) is 13.5. The number of amides is 3. The van der Waals surface area contributed by atoms with E-state index in [4.69, 9.17) is 14.2 Å². The minimum atomic E-state index is -1.46. The number of methoxy groups -OCH3 is 1. The van der Waals surface area contributed by atoms with Crippen molar-refractivity contribution >= 4 is 50.7 Å². The molecule has 3 amide bonds. The number of allylic oxidation sites excluding steroid dienone is 1. The summed E-state index contributed by atoms with van der Waals surface area (Å²) in [4.78, 5) is 68.1. The molecule has 5 atom stereocenters. The van der Waals surface area contributed by atoms with Gasteiger partial charge < -0.3 is 39.4 Å². The van der Waals surface area contributed by atoms with Crippen molar-refractivity contribution in [3.05, 3.63) is 45.2 Å². The maximum absolute atomic E-state index is 14.3. The van der Waals surface area contributed by atoms with Crippen molar-refractivity contribution in [3.63, 3.8) is 0 Å². The number of carbonyl (C=O) groups is 4. The standard InChI is InChI=1S/C35H43BrN4O9/c1-39-28(41)17-27(23-14-15-26(47-2)29(36)30(23)39)48-22-16-25-31(42)38-35(33(44)45)18-20(35)10-6-4-3-5-7-13-24(32(43)40(25)19-22)37-34(46)49-21-11-8-9-12-21/h6,10,14-15,17,20-22,24-25H,3-5,7-9,11-13,16,18-19H2,1-2H3,(H,37,46)(H,38,42)(H,44,45)/b10-6-/t20-,22-,24+,25+,35-/m1/s1. The molecule has 6 rings (SSSR count). The molecule has 49 heavy (non-hydrogen) atoms. The zero-order valence-electron chi connectivity index (χ0n) is 27.7. The third-order valence-electron chi connectivity index (χ3n) is 10.3. The highest BCUT2D eigenvalue weighted by atomic mass is 79.9. The first kappa shape index (κ1) is 34.8. The van der Waals surface area contributed by atoms with E-state index in [1.807, 2.05) is 12.2 Å². The Labute approximate surface area is 292 Å². The summed E-state index contributed by atoms with van der Waals surface area (Å²) >= 11 is 3.54. The minimum Gasteiger partial charge on any atom is -0.495 e. The summed E-state index contributed by atoms with van der Waals surface area (Å²) in [6.45, 7) is -0.0236. The number of benzene rings is 1. The number of nitrogens with one attached hydrogen (secondary N) is 2. The number of halogens is 1. The van der Waals surface area contributed by atoms with Crippen LogP contribution in [0.4, 0.5) is 4.79 Å². The molecule has 2 aliphatic carbocycles. The number of carbonyl (C=O) groups excluding carboxylic acids is 3. The average Bonchev–Trinajstić information content (AvgIpc) is 3.35. The van der Waals surface area contributed by atoms with E-state index in [1.165, 1.54) is 22.6 Å². The van der Waals surface area contributed by atoms with Gasteiger partial charge in [-0.15, -0.1) is 0 Å². The van der Waals surface area contributed by atoms with Crippen LogP contribution in [-0.2, 0) is 26.2 Å². The number of carboxylic acid groups (broad SMARTS) is 1. The Morgan fingerprint density at radius 2 is 1.80 bits per heavy atom. The number of aliphatic carboxylic acids is 1. The van der Waals surface area contributed by atoms with Crippen molar-refractivity contribution in [2.45, 2.75) is 100 Å². The lowest BCUT2D eigenvalue weighted by Crippen LogP contribution is -2.56. The van der Waals surface area contributed by atoms with Gasteiger partial charge in [-0.05, 0) is 79.4 Å². The average molecular weight is 744 g/mol. The normalized spacial score (nSPS) is 28.4. The van der Waals surface area contributed by atoms with Crippen LogP contribution in [0.1, 0.15) is 70.6 Å². The van der Waals surface area contributed by atoms with Crippen LogP contribution in [0.15, 0.2) is 39.6 Å². The van der Waals surface area contributed by atoms with Crippen molar-refractivity contribution in [1.82, 2.24) is 20.1 Å². The maximum atomic E-state index is 14.3. The Bertz CT molecular complexity index is 1720. The lowest BCUT2D eigenvalue weighted by atomic mass is 10.0. The first-order valence-corrected chi connectivity index (χ1v) is 17.8. The molecule has 1 aromatic heterocycles. The number of aromatic nitrogens is 1. The third-order valence-corrected chi connectivity index (χ3v) is 11.0. The Balaban J connectivity index is 1.31. The molecule has 14 heteroatoms. The molecule has 1 aromatic carbocycles. The SMILES string of the molecule is COc1ccc2c(O[C@@H]3C[C@H]4C(=O)N[C@]5(C(=O)O)C[C@H]5/C=C\CCCCC[C@H](NC(=O)OC5CCCC5)C(=O)N4C3)cc(=O)n(C)c2c1Br. The summed E-state index contributed by atoms with van der Waals surface area (Å²) in [5.74, 6) is -1.78. The Kier molecular flexibility index (Phi) is 10.2. The highest BCUT2D eigenvalue weighted by molar-refractivity contribution is 9.10. The van der Waals surface area contributed by atoms with E-state index in [9.17, 15) is 29.1 Å². The minimum absolute atomic E-state index is 0.0236. The Hall–Kier alpha value is -4.07. The number of nitrogens with zero attached hydrogens (tertiary/aromatic N) is 2. The van der Waals surface area contributed by atoms with Crippen molar-refractivity contribution in [2.75, 3.05) is 13.7 Å². The Morgan fingerprint density at radius 3 is 2.53 bits per heavy atom. The van der Waals surface area contributed by atoms with Gasteiger partial charge in [0.05, 0.1) is 23.6 Å². The molecule has 3 N–H and O–H groups in total. The molecular weight excluding hydrogens is 700 g/mol. The molecule has 4 aliphatic rings. The number of alkyl carbamates (subject to hydrolysis) is 1. The van der Waals surface area contributed by atoms with E-state index in [2.05, 4.69) is 26.6 Å². The first-order chi connectivity index (χ1) is 23.5. The van der Waals surface area contributed by atoms with Gasteiger partial charge in [-0.3, -0.25) is 14.4 Å². The van der Waals surface area contributed by atoms with E-state index in [1.54, 1.807) is 19.2 Å². The van der Waals surface area contributed by atoms with Gasteiger partial charge >= 0.3 is 12.1 Å². The molecule has 3 heterocycles. The van der Waals surface area contributed by atoms with Crippen LogP contribution in [0, 0.1) is 5.92 Å². The molecule has 3 fully saturated rings. The molecule has 0 bridgehead atoms. The van der Waals surface area contributed by atoms with E-state index in [0.717, 1.165) is 44.9 Å². The number of ether oxygens (including phenoxy) is 3. The van der Waals surface area contributed by atoms with Gasteiger partial charge in [0.2, 0.25) is 11.8 Å². The number of fused-ring (bicyclic) bond motifs is 3. The zero-order chi connectivity index (χ0) is 34.9. The number of carboxylic acids is 1. The van der Waals surface area contributed by atoms with Crippen LogP contribution in [-0.4, -0.2) is 81.9 Å². The molecule has 2 aromatic rings. The van der Waals surface area contributed by atoms with Crippen molar-refractivity contribution < 1.29 is 38.5 Å². The van der Waals surface area contributed by atoms with Crippen molar-refractivity contribution in [3.8, 4) is 11.5 Å². The topological polar surface area (TPSA) is 166 Å². The lowest BCUT2D eigenvalue weighted by molar-refractivity contribution is -0.145. The summed E-state index contributed by atoms with van der Waals surface area (Å²) in [5, 5.41) is 16.3. The largest absolute Gasteiger partial charge is 0.495 e. The van der Waals surface area contributed by atoms with Crippen molar-refractivity contribution in [1.29, 1.82) is 0 Å². The first-order valence-electron chi connectivity index (χ1n) is 17.0. The number of pyridine rings is 1. The highest BCUT2D eigenvalue weighted by Crippen LogP contribution is 2.45. The number of hydrogen-bond donors (Lipinski definition) is 3. The molecule has 1 saturated heterocycles. The van der Waals surface area contributed by atoms with E-state index < -0.39 is 47.6 Å². The fourth-order valence-corrected chi connectivity index (χ4v) is 8.16. The predicted molar refractivity (Wildman–Crippen MR) is 182 cm³/mol. The maximum Gasteiger partial charge on any atom is 0.408 e. The number of aryl methyl sites for hydroxylation is 1. The molecule has 13 nitrogen and oxygen atoms in total. The van der Waals surface area contributed by atoms with Gasteiger partial charge in [-0.25, -0.2) is 9.59 Å². The molecular formula is C35H43BrN4O9. The molecule has 264 valence electrons.